The number of hydrogen-bond donors (Lipinski definition) is 0. The average molecular weight is 498 g/mol. The monoisotopic (exact) mass is 498 g/mol. The lowest BCUT2D eigenvalue weighted by molar-refractivity contribution is 1.11. The summed E-state index contributed by atoms with van der Waals surface area (Å²) in [7, 11) is 0. The molecule has 0 atom stereocenters. The van der Waals surface area contributed by atoms with E-state index in [0.717, 1.165) is 33.5 Å². The molecule has 0 saturated carbocycles. The number of imidazole rings is 2. The molecular weight excluding hydrogens is 483 g/mol. The van der Waals surface area contributed by atoms with Gasteiger partial charge >= 0.3 is 0 Å². The third kappa shape index (κ3) is 2.02. The fraction of sp³-hybridized carbons (Fsp3) is 0. The zero-order valence-corrected chi connectivity index (χ0v) is 18.0. The smallest absolute Gasteiger partial charge is 0.220 e. The van der Waals surface area contributed by atoms with Gasteiger partial charge in [0, 0.05) is 16.5 Å². The third-order valence-electron chi connectivity index (χ3n) is 5.96. The summed E-state index contributed by atoms with van der Waals surface area (Å²) in [4.78, 5) is 5.00. The fourth-order valence-electron chi connectivity index (χ4n) is 4.66. The molecule has 142 valence electrons. The molecule has 0 amide bonds. The number of para-hydroxylation sites is 5. The number of aromatic nitrogens is 4. The molecule has 5 heteroatoms. The zero-order valence-electron chi connectivity index (χ0n) is 15.8. The van der Waals surface area contributed by atoms with Gasteiger partial charge in [-0.1, -0.05) is 42.5 Å². The van der Waals surface area contributed by atoms with Gasteiger partial charge in [-0.05, 0) is 48.5 Å². The van der Waals surface area contributed by atoms with Crippen molar-refractivity contribution in [3.05, 3.63) is 91.0 Å². The molecule has 0 N–H and O–H groups in total. The highest BCUT2D eigenvalue weighted by Crippen LogP contribution is 2.34. The molecule has 3 aromatic heterocycles. The van der Waals surface area contributed by atoms with Gasteiger partial charge in [0.25, 0.3) is 0 Å². The van der Waals surface area contributed by atoms with Crippen molar-refractivity contribution in [3.8, 4) is 5.69 Å². The van der Waals surface area contributed by atoms with Crippen LogP contribution >= 0.6 is 22.9 Å². The minimum Gasteiger partial charge on any atom is -0.282 e. The third-order valence-corrected chi connectivity index (χ3v) is 7.00. The lowest BCUT2D eigenvalue weighted by atomic mass is 10.1. The molecule has 30 heavy (non-hydrogen) atoms. The summed E-state index contributed by atoms with van der Waals surface area (Å²) in [6.07, 6.45) is 0. The van der Waals surface area contributed by atoms with Gasteiger partial charge in [-0.25, -0.2) is 4.98 Å². The minimum atomic E-state index is 0.940. The topological polar surface area (TPSA) is 27.2 Å². The Morgan fingerprint density at radius 2 is 1.27 bits per heavy atom. The average Bonchev–Trinajstić information content (AvgIpc) is 3.41. The van der Waals surface area contributed by atoms with Gasteiger partial charge in [0.1, 0.15) is 0 Å². The van der Waals surface area contributed by atoms with E-state index in [9.17, 15) is 0 Å². The van der Waals surface area contributed by atoms with Gasteiger partial charge in [-0.2, -0.15) is 0 Å². The Bertz CT molecular complexity index is 1770. The lowest BCUT2D eigenvalue weighted by Crippen LogP contribution is -1.95. The van der Waals surface area contributed by atoms with Crippen LogP contribution in [0.4, 0.5) is 0 Å². The van der Waals surface area contributed by atoms with E-state index in [1.165, 1.54) is 21.8 Å². The molecule has 0 radical (unpaired) electrons. The summed E-state index contributed by atoms with van der Waals surface area (Å²) in [5, 5.41) is 2.52. The van der Waals surface area contributed by atoms with E-state index in [4.69, 9.17) is 4.98 Å². The van der Waals surface area contributed by atoms with Crippen molar-refractivity contribution in [1.82, 2.24) is 16.7 Å². The normalized spacial score (nSPS) is 12.2. The molecule has 0 bridgehead atoms. The van der Waals surface area contributed by atoms with Crippen LogP contribution in [0, 0.1) is 0 Å². The maximum absolute atomic E-state index is 5.00. The largest absolute Gasteiger partial charge is 0.282 e. The van der Waals surface area contributed by atoms with Crippen molar-refractivity contribution in [2.75, 3.05) is 0 Å². The van der Waals surface area contributed by atoms with Gasteiger partial charge in [-0.3, -0.25) is 11.7 Å². The number of halogens is 1. The van der Waals surface area contributed by atoms with E-state index in [1.54, 1.807) is 0 Å². The van der Waals surface area contributed by atoms with Crippen LogP contribution in [-0.2, 0) is 0 Å². The molecule has 0 aliphatic heterocycles. The van der Waals surface area contributed by atoms with Crippen molar-refractivity contribution < 1.29 is 0 Å². The molecule has 0 saturated heterocycles. The number of benzene rings is 4. The Labute approximate surface area is 185 Å². The summed E-state index contributed by atoms with van der Waals surface area (Å²) in [6, 6.07) is 32.1. The van der Waals surface area contributed by atoms with E-state index in [-0.39, 0.29) is 0 Å². The van der Waals surface area contributed by atoms with E-state index < -0.39 is 0 Å². The van der Waals surface area contributed by atoms with Gasteiger partial charge in [0.05, 0.1) is 56.0 Å². The van der Waals surface area contributed by atoms with Crippen molar-refractivity contribution in [2.45, 2.75) is 0 Å². The molecular formula is C25H15IN4. The Hall–Kier alpha value is -3.32. The molecule has 0 aliphatic rings. The Morgan fingerprint density at radius 3 is 2.13 bits per heavy atom. The first-order chi connectivity index (χ1) is 14.8. The first-order valence-corrected chi connectivity index (χ1v) is 10.8. The van der Waals surface area contributed by atoms with Crippen LogP contribution in [0.15, 0.2) is 91.0 Å². The molecule has 0 unspecified atom stereocenters. The van der Waals surface area contributed by atoms with Crippen molar-refractivity contribution in [1.29, 1.82) is 0 Å². The van der Waals surface area contributed by atoms with Gasteiger partial charge < -0.3 is 0 Å². The first-order valence-electron chi connectivity index (χ1n) is 9.88. The lowest BCUT2D eigenvalue weighted by Gasteiger charge is -2.06. The second-order valence-corrected chi connectivity index (χ2v) is 8.52. The van der Waals surface area contributed by atoms with Crippen LogP contribution < -0.4 is 0 Å². The summed E-state index contributed by atoms with van der Waals surface area (Å²) in [6.45, 7) is 0. The number of rotatable bonds is 1. The van der Waals surface area contributed by atoms with Crippen molar-refractivity contribution in [3.63, 3.8) is 0 Å². The Kier molecular flexibility index (Phi) is 3.22. The van der Waals surface area contributed by atoms with Crippen LogP contribution in [0.3, 0.4) is 0 Å². The quantitative estimate of drug-likeness (QED) is 0.231. The Balaban J connectivity index is 1.65. The number of hydrogen-bond acceptors (Lipinski definition) is 1. The van der Waals surface area contributed by atoms with Crippen LogP contribution in [0.1, 0.15) is 0 Å². The highest BCUT2D eigenvalue weighted by Gasteiger charge is 2.17. The molecule has 4 aromatic carbocycles. The van der Waals surface area contributed by atoms with Crippen LogP contribution in [0.5, 0.6) is 0 Å². The molecule has 7 aromatic rings. The predicted octanol–water partition coefficient (Wildman–Crippen LogP) is 6.74. The minimum absolute atomic E-state index is 0.940. The van der Waals surface area contributed by atoms with E-state index >= 15 is 0 Å². The fourth-order valence-corrected chi connectivity index (χ4v) is 5.50. The van der Waals surface area contributed by atoms with Crippen molar-refractivity contribution >= 4 is 72.5 Å². The molecule has 0 aliphatic carbocycles. The molecule has 0 spiro atoms. The number of fused-ring (bicyclic) bond motifs is 8. The molecule has 4 nitrogen and oxygen atoms in total. The van der Waals surface area contributed by atoms with Crippen molar-refractivity contribution in [2.24, 2.45) is 0 Å². The second kappa shape index (κ2) is 5.86. The predicted molar refractivity (Wildman–Crippen MR) is 132 cm³/mol. The molecule has 0 fully saturated rings. The zero-order chi connectivity index (χ0) is 19.8. The Morgan fingerprint density at radius 1 is 0.600 bits per heavy atom. The summed E-state index contributed by atoms with van der Waals surface area (Å²) in [5.74, 6) is 0.940. The highest BCUT2D eigenvalue weighted by atomic mass is 127. The maximum atomic E-state index is 5.00. The van der Waals surface area contributed by atoms with E-state index in [0.29, 0.717) is 0 Å². The second-order valence-electron chi connectivity index (χ2n) is 7.56. The van der Waals surface area contributed by atoms with Crippen LogP contribution in [0.25, 0.3) is 55.3 Å². The highest BCUT2D eigenvalue weighted by molar-refractivity contribution is 14.1. The van der Waals surface area contributed by atoms with Crippen LogP contribution in [-0.4, -0.2) is 16.7 Å². The standard InChI is InChI=1S/C25H15IN4/c26-30-20-9-3-1-7-17(20)18-15-16(13-14-21(18)30)28-23-11-5-6-12-24(23)29-22-10-4-2-8-19(22)27-25(28)29/h1-15H. The SMILES string of the molecule is In1c2ccccc2c2cc(-n3c4ccccc4n4c5ccccc5nc34)ccc21. The summed E-state index contributed by atoms with van der Waals surface area (Å²) < 4.78 is 6.77. The van der Waals surface area contributed by atoms with E-state index in [1.807, 2.05) is 6.07 Å². The van der Waals surface area contributed by atoms with Gasteiger partial charge in [-0.15, -0.1) is 0 Å². The van der Waals surface area contributed by atoms with Gasteiger partial charge in [0.15, 0.2) is 0 Å². The molecule has 7 rings (SSSR count). The summed E-state index contributed by atoms with van der Waals surface area (Å²) in [5.41, 5.74) is 8.04. The van der Waals surface area contributed by atoms with E-state index in [2.05, 4.69) is 120 Å². The number of nitrogens with zero attached hydrogens (tertiary/aromatic N) is 4. The summed E-state index contributed by atoms with van der Waals surface area (Å²) >= 11 is 2.39. The first kappa shape index (κ1) is 16.5. The molecule has 3 heterocycles. The maximum Gasteiger partial charge on any atom is 0.220 e. The van der Waals surface area contributed by atoms with Crippen LogP contribution in [0.2, 0.25) is 0 Å². The van der Waals surface area contributed by atoms with Gasteiger partial charge in [0.2, 0.25) is 5.78 Å².